The predicted molar refractivity (Wildman–Crippen MR) is 58.4 cm³/mol. The molecule has 0 aliphatic carbocycles. The lowest BCUT2D eigenvalue weighted by molar-refractivity contribution is 0.244. The van der Waals surface area contributed by atoms with E-state index in [0.29, 0.717) is 0 Å². The van der Waals surface area contributed by atoms with Crippen molar-refractivity contribution >= 4 is 0 Å². The maximum Gasteiger partial charge on any atom is 0.0108 e. The van der Waals surface area contributed by atoms with Crippen molar-refractivity contribution in [3.63, 3.8) is 0 Å². The van der Waals surface area contributed by atoms with Crippen molar-refractivity contribution in [1.29, 1.82) is 0 Å². The van der Waals surface area contributed by atoms with Gasteiger partial charge in [0.05, 0.1) is 0 Å². The van der Waals surface area contributed by atoms with Crippen molar-refractivity contribution in [2.24, 2.45) is 7.05 Å². The van der Waals surface area contributed by atoms with E-state index in [0.717, 1.165) is 13.1 Å². The molecule has 1 fully saturated rings. The van der Waals surface area contributed by atoms with E-state index in [1.165, 1.54) is 31.6 Å². The largest absolute Gasteiger partial charge is 0.357 e. The summed E-state index contributed by atoms with van der Waals surface area (Å²) in [7, 11) is 2.08. The van der Waals surface area contributed by atoms with Crippen LogP contribution in [0.25, 0.3) is 0 Å². The standard InChI is InChI=1S/C11H19N3/c1-13-6-2-11(10-13)3-7-14-8-4-12-5-9-14/h2,6,10,12H,3-5,7-9H2,1H3. The molecule has 0 saturated carbocycles. The van der Waals surface area contributed by atoms with Gasteiger partial charge in [-0.1, -0.05) is 0 Å². The quantitative estimate of drug-likeness (QED) is 0.753. The molecule has 0 unspecified atom stereocenters. The second-order valence-electron chi connectivity index (χ2n) is 4.03. The molecule has 0 spiro atoms. The Bertz CT molecular complexity index is 274. The zero-order chi connectivity index (χ0) is 9.80. The number of hydrogen-bond acceptors (Lipinski definition) is 2. The van der Waals surface area contributed by atoms with Gasteiger partial charge in [-0.05, 0) is 18.1 Å². The summed E-state index contributed by atoms with van der Waals surface area (Å²) in [5, 5.41) is 3.37. The first kappa shape index (κ1) is 9.74. The normalized spacial score (nSPS) is 18.6. The van der Waals surface area contributed by atoms with Crippen LogP contribution in [0.15, 0.2) is 18.5 Å². The van der Waals surface area contributed by atoms with Gasteiger partial charge in [-0.2, -0.15) is 0 Å². The third-order valence-electron chi connectivity index (χ3n) is 2.82. The highest BCUT2D eigenvalue weighted by molar-refractivity contribution is 5.10. The third-order valence-corrected chi connectivity index (χ3v) is 2.82. The number of nitrogens with one attached hydrogen (secondary N) is 1. The van der Waals surface area contributed by atoms with E-state index < -0.39 is 0 Å². The summed E-state index contributed by atoms with van der Waals surface area (Å²) >= 11 is 0. The molecule has 1 saturated heterocycles. The lowest BCUT2D eigenvalue weighted by Gasteiger charge is -2.26. The summed E-state index contributed by atoms with van der Waals surface area (Å²) < 4.78 is 2.12. The Morgan fingerprint density at radius 1 is 1.36 bits per heavy atom. The van der Waals surface area contributed by atoms with Gasteiger partial charge < -0.3 is 14.8 Å². The SMILES string of the molecule is Cn1ccc(CCN2CCNCC2)c1. The molecule has 1 N–H and O–H groups in total. The molecule has 1 aliphatic heterocycles. The molecule has 3 heteroatoms. The minimum Gasteiger partial charge on any atom is -0.357 e. The number of aryl methyl sites for hydroxylation is 1. The zero-order valence-corrected chi connectivity index (χ0v) is 8.87. The average Bonchev–Trinajstić information content (AvgIpc) is 2.63. The molecule has 14 heavy (non-hydrogen) atoms. The van der Waals surface area contributed by atoms with Crippen molar-refractivity contribution in [3.05, 3.63) is 24.0 Å². The fourth-order valence-electron chi connectivity index (χ4n) is 1.93. The molecule has 0 amide bonds. The Kier molecular flexibility index (Phi) is 3.22. The molecular weight excluding hydrogens is 174 g/mol. The summed E-state index contributed by atoms with van der Waals surface area (Å²) in [4.78, 5) is 2.53. The molecule has 2 rings (SSSR count). The monoisotopic (exact) mass is 193 g/mol. The van der Waals surface area contributed by atoms with Crippen LogP contribution in [0, 0.1) is 0 Å². The van der Waals surface area contributed by atoms with Crippen LogP contribution in [-0.2, 0) is 13.5 Å². The number of rotatable bonds is 3. The molecule has 3 nitrogen and oxygen atoms in total. The maximum absolute atomic E-state index is 3.37. The average molecular weight is 193 g/mol. The summed E-state index contributed by atoms with van der Waals surface area (Å²) in [5.41, 5.74) is 1.45. The Morgan fingerprint density at radius 2 is 2.14 bits per heavy atom. The van der Waals surface area contributed by atoms with Crippen LogP contribution in [0.5, 0.6) is 0 Å². The first-order valence-electron chi connectivity index (χ1n) is 5.38. The van der Waals surface area contributed by atoms with Crippen molar-refractivity contribution in [1.82, 2.24) is 14.8 Å². The van der Waals surface area contributed by atoms with E-state index in [2.05, 4.69) is 40.3 Å². The van der Waals surface area contributed by atoms with Gasteiger partial charge in [0, 0.05) is 52.2 Å². The first-order valence-corrected chi connectivity index (χ1v) is 5.38. The Hall–Kier alpha value is -0.800. The van der Waals surface area contributed by atoms with Crippen LogP contribution >= 0.6 is 0 Å². The van der Waals surface area contributed by atoms with Crippen LogP contribution in [-0.4, -0.2) is 42.2 Å². The van der Waals surface area contributed by atoms with Gasteiger partial charge in [0.2, 0.25) is 0 Å². The summed E-state index contributed by atoms with van der Waals surface area (Å²) in [6, 6.07) is 2.21. The number of piperazine rings is 1. The Labute approximate surface area is 85.7 Å². The van der Waals surface area contributed by atoms with Crippen LogP contribution < -0.4 is 5.32 Å². The Morgan fingerprint density at radius 3 is 2.79 bits per heavy atom. The van der Waals surface area contributed by atoms with Crippen molar-refractivity contribution < 1.29 is 0 Å². The van der Waals surface area contributed by atoms with Crippen molar-refractivity contribution in [2.45, 2.75) is 6.42 Å². The molecule has 1 aromatic rings. The summed E-state index contributed by atoms with van der Waals surface area (Å²) in [6.45, 7) is 5.90. The molecule has 0 aromatic carbocycles. The fourth-order valence-corrected chi connectivity index (χ4v) is 1.93. The lowest BCUT2D eigenvalue weighted by atomic mass is 10.2. The Balaban J connectivity index is 1.76. The van der Waals surface area contributed by atoms with Gasteiger partial charge in [0.15, 0.2) is 0 Å². The molecule has 0 radical (unpaired) electrons. The second kappa shape index (κ2) is 4.62. The van der Waals surface area contributed by atoms with Gasteiger partial charge in [-0.3, -0.25) is 0 Å². The van der Waals surface area contributed by atoms with E-state index in [1.54, 1.807) is 0 Å². The number of aromatic nitrogens is 1. The fraction of sp³-hybridized carbons (Fsp3) is 0.636. The summed E-state index contributed by atoms with van der Waals surface area (Å²) in [6.07, 6.45) is 5.51. The topological polar surface area (TPSA) is 20.2 Å². The minimum atomic E-state index is 1.15. The van der Waals surface area contributed by atoms with Crippen LogP contribution in [0.4, 0.5) is 0 Å². The zero-order valence-electron chi connectivity index (χ0n) is 8.87. The first-order chi connectivity index (χ1) is 6.84. The highest BCUT2D eigenvalue weighted by atomic mass is 15.2. The molecular formula is C11H19N3. The molecule has 1 aliphatic rings. The number of hydrogen-bond donors (Lipinski definition) is 1. The highest BCUT2D eigenvalue weighted by Crippen LogP contribution is 2.02. The molecule has 78 valence electrons. The van der Waals surface area contributed by atoms with Gasteiger partial charge in [-0.15, -0.1) is 0 Å². The van der Waals surface area contributed by atoms with Crippen LogP contribution in [0.1, 0.15) is 5.56 Å². The lowest BCUT2D eigenvalue weighted by Crippen LogP contribution is -2.44. The smallest absolute Gasteiger partial charge is 0.0108 e. The van der Waals surface area contributed by atoms with Crippen LogP contribution in [0.2, 0.25) is 0 Å². The van der Waals surface area contributed by atoms with Crippen molar-refractivity contribution in [3.8, 4) is 0 Å². The van der Waals surface area contributed by atoms with Crippen molar-refractivity contribution in [2.75, 3.05) is 32.7 Å². The van der Waals surface area contributed by atoms with Gasteiger partial charge >= 0.3 is 0 Å². The van der Waals surface area contributed by atoms with E-state index in [9.17, 15) is 0 Å². The second-order valence-corrected chi connectivity index (χ2v) is 4.03. The van der Waals surface area contributed by atoms with E-state index >= 15 is 0 Å². The molecule has 2 heterocycles. The van der Waals surface area contributed by atoms with Gasteiger partial charge in [0.25, 0.3) is 0 Å². The molecule has 0 bridgehead atoms. The maximum atomic E-state index is 3.37. The van der Waals surface area contributed by atoms with Crippen LogP contribution in [0.3, 0.4) is 0 Å². The molecule has 0 atom stereocenters. The predicted octanol–water partition coefficient (Wildman–Crippen LogP) is 0.473. The van der Waals surface area contributed by atoms with Gasteiger partial charge in [-0.25, -0.2) is 0 Å². The third kappa shape index (κ3) is 2.59. The minimum absolute atomic E-state index is 1.15. The molecule has 1 aromatic heterocycles. The van der Waals surface area contributed by atoms with E-state index in [-0.39, 0.29) is 0 Å². The number of nitrogens with zero attached hydrogens (tertiary/aromatic N) is 2. The highest BCUT2D eigenvalue weighted by Gasteiger charge is 2.08. The van der Waals surface area contributed by atoms with E-state index in [4.69, 9.17) is 0 Å². The van der Waals surface area contributed by atoms with Gasteiger partial charge in [0.1, 0.15) is 0 Å². The van der Waals surface area contributed by atoms with E-state index in [1.807, 2.05) is 0 Å². The summed E-state index contributed by atoms with van der Waals surface area (Å²) in [5.74, 6) is 0.